The van der Waals surface area contributed by atoms with E-state index in [4.69, 9.17) is 0 Å². The van der Waals surface area contributed by atoms with Crippen molar-refractivity contribution >= 4 is 11.6 Å². The van der Waals surface area contributed by atoms with E-state index in [9.17, 15) is 9.18 Å². The zero-order chi connectivity index (χ0) is 12.0. The van der Waals surface area contributed by atoms with Gasteiger partial charge in [-0.05, 0) is 24.7 Å². The number of nitrogens with zero attached hydrogens (tertiary/aromatic N) is 1. The number of nitrogens with one attached hydrogen (secondary N) is 2. The second-order valence-corrected chi connectivity index (χ2v) is 4.63. The van der Waals surface area contributed by atoms with Gasteiger partial charge in [0.15, 0.2) is 0 Å². The monoisotopic (exact) mass is 235 g/mol. The van der Waals surface area contributed by atoms with Crippen molar-refractivity contribution in [3.8, 4) is 0 Å². The Kier molecular flexibility index (Phi) is 2.13. The molecule has 1 fully saturated rings. The normalized spacial score (nSPS) is 27.2. The number of rotatable bonds is 0. The second-order valence-electron chi connectivity index (χ2n) is 4.63. The minimum Gasteiger partial charge on any atom is -0.350 e. The Morgan fingerprint density at radius 3 is 3.00 bits per heavy atom. The molecule has 1 spiro atoms. The number of benzene rings is 1. The highest BCUT2D eigenvalue weighted by atomic mass is 19.1. The molecule has 2 N–H and O–H groups in total. The van der Waals surface area contributed by atoms with Crippen LogP contribution in [0.3, 0.4) is 0 Å². The number of hydrogen-bond donors (Lipinski definition) is 2. The summed E-state index contributed by atoms with van der Waals surface area (Å²) in [7, 11) is 1.93. The summed E-state index contributed by atoms with van der Waals surface area (Å²) in [5.74, 6) is -0.575. The fraction of sp³-hybridized carbons (Fsp3) is 0.417. The standard InChI is InChI=1S/C12H14FN3O/c1-16-10-3-2-8(13)6-9(10)11(17)15-12(16)4-5-14-7-12/h2-3,6,14H,4-5,7H2,1H3,(H,15,17)/t12-/m0/s1. The molecule has 0 aliphatic carbocycles. The summed E-state index contributed by atoms with van der Waals surface area (Å²) in [6.07, 6.45) is 0.853. The van der Waals surface area contributed by atoms with Crippen LogP contribution in [0.4, 0.5) is 10.1 Å². The van der Waals surface area contributed by atoms with Crippen LogP contribution in [0.5, 0.6) is 0 Å². The third kappa shape index (κ3) is 1.42. The molecule has 0 radical (unpaired) electrons. The first kappa shape index (κ1) is 10.5. The van der Waals surface area contributed by atoms with Crippen molar-refractivity contribution in [2.45, 2.75) is 12.1 Å². The highest BCUT2D eigenvalue weighted by Gasteiger charge is 2.44. The molecular formula is C12H14FN3O. The molecule has 0 bridgehead atoms. The molecule has 0 aromatic heterocycles. The van der Waals surface area contributed by atoms with Crippen molar-refractivity contribution in [1.29, 1.82) is 0 Å². The molecule has 3 rings (SSSR count). The molecule has 0 saturated carbocycles. The Labute approximate surface area is 98.8 Å². The van der Waals surface area contributed by atoms with Crippen molar-refractivity contribution in [2.75, 3.05) is 25.0 Å². The first-order valence-electron chi connectivity index (χ1n) is 5.69. The van der Waals surface area contributed by atoms with E-state index in [1.807, 2.05) is 11.9 Å². The smallest absolute Gasteiger partial charge is 0.255 e. The number of likely N-dealkylation sites (N-methyl/N-ethyl adjacent to an activating group) is 1. The predicted octanol–water partition coefficient (Wildman–Crippen LogP) is 0.695. The fourth-order valence-corrected chi connectivity index (χ4v) is 2.65. The quantitative estimate of drug-likeness (QED) is 0.695. The Balaban J connectivity index is 2.10. The number of halogens is 1. The van der Waals surface area contributed by atoms with E-state index in [1.165, 1.54) is 12.1 Å². The molecule has 0 unspecified atom stereocenters. The summed E-state index contributed by atoms with van der Waals surface area (Å²) in [4.78, 5) is 14.0. The largest absolute Gasteiger partial charge is 0.350 e. The molecule has 2 aliphatic rings. The highest BCUT2D eigenvalue weighted by molar-refractivity contribution is 6.02. The molecular weight excluding hydrogens is 221 g/mol. The van der Waals surface area contributed by atoms with Crippen molar-refractivity contribution < 1.29 is 9.18 Å². The number of amides is 1. The SMILES string of the molecule is CN1c2ccc(F)cc2C(=O)N[C@@]12CCNC2. The molecule has 1 amide bonds. The zero-order valence-electron chi connectivity index (χ0n) is 9.59. The summed E-state index contributed by atoms with van der Waals surface area (Å²) in [6, 6.07) is 4.35. The van der Waals surface area contributed by atoms with Crippen LogP contribution in [0.1, 0.15) is 16.8 Å². The molecule has 1 atom stereocenters. The summed E-state index contributed by atoms with van der Waals surface area (Å²) in [5.41, 5.74) is 0.839. The van der Waals surface area contributed by atoms with Crippen molar-refractivity contribution in [1.82, 2.24) is 10.6 Å². The number of hydrogen-bond acceptors (Lipinski definition) is 3. The molecule has 5 heteroatoms. The van der Waals surface area contributed by atoms with Gasteiger partial charge in [0.2, 0.25) is 0 Å². The van der Waals surface area contributed by atoms with Crippen LogP contribution in [0, 0.1) is 5.82 Å². The van der Waals surface area contributed by atoms with Crippen LogP contribution in [0.2, 0.25) is 0 Å². The summed E-state index contributed by atoms with van der Waals surface area (Å²) >= 11 is 0. The van der Waals surface area contributed by atoms with Crippen LogP contribution in [0.15, 0.2) is 18.2 Å². The van der Waals surface area contributed by atoms with Gasteiger partial charge in [0.1, 0.15) is 11.5 Å². The number of fused-ring (bicyclic) bond motifs is 1. The van der Waals surface area contributed by atoms with Gasteiger partial charge in [0.05, 0.1) is 11.3 Å². The summed E-state index contributed by atoms with van der Waals surface area (Å²) in [5, 5.41) is 6.23. The minimum atomic E-state index is -0.382. The van der Waals surface area contributed by atoms with E-state index in [2.05, 4.69) is 10.6 Å². The lowest BCUT2D eigenvalue weighted by molar-refractivity contribution is 0.0891. The predicted molar refractivity (Wildman–Crippen MR) is 62.5 cm³/mol. The number of carbonyl (C=O) groups excluding carboxylic acids is 1. The van der Waals surface area contributed by atoms with Gasteiger partial charge in [-0.15, -0.1) is 0 Å². The van der Waals surface area contributed by atoms with Crippen molar-refractivity contribution in [2.24, 2.45) is 0 Å². The molecule has 1 aromatic carbocycles. The van der Waals surface area contributed by atoms with Gasteiger partial charge in [-0.1, -0.05) is 0 Å². The van der Waals surface area contributed by atoms with Crippen molar-refractivity contribution in [3.63, 3.8) is 0 Å². The molecule has 4 nitrogen and oxygen atoms in total. The van der Waals surface area contributed by atoms with Gasteiger partial charge >= 0.3 is 0 Å². The van der Waals surface area contributed by atoms with Crippen LogP contribution < -0.4 is 15.5 Å². The van der Waals surface area contributed by atoms with Gasteiger partial charge in [0, 0.05) is 20.0 Å². The molecule has 2 aliphatic heterocycles. The first-order valence-corrected chi connectivity index (χ1v) is 5.69. The van der Waals surface area contributed by atoms with Gasteiger partial charge in [-0.3, -0.25) is 4.79 Å². The number of anilines is 1. The minimum absolute atomic E-state index is 0.193. The lowest BCUT2D eigenvalue weighted by Gasteiger charge is -2.44. The van der Waals surface area contributed by atoms with Gasteiger partial charge in [0.25, 0.3) is 5.91 Å². The molecule has 2 heterocycles. The van der Waals surface area contributed by atoms with E-state index >= 15 is 0 Å². The molecule has 1 aromatic rings. The van der Waals surface area contributed by atoms with E-state index in [-0.39, 0.29) is 17.4 Å². The lowest BCUT2D eigenvalue weighted by Crippen LogP contribution is -2.64. The zero-order valence-corrected chi connectivity index (χ0v) is 9.59. The van der Waals surface area contributed by atoms with Crippen LogP contribution in [0.25, 0.3) is 0 Å². The molecule has 17 heavy (non-hydrogen) atoms. The first-order chi connectivity index (χ1) is 8.12. The highest BCUT2D eigenvalue weighted by Crippen LogP contribution is 2.33. The maximum Gasteiger partial charge on any atom is 0.255 e. The summed E-state index contributed by atoms with van der Waals surface area (Å²) in [6.45, 7) is 1.59. The van der Waals surface area contributed by atoms with E-state index in [0.717, 1.165) is 18.7 Å². The number of carbonyl (C=O) groups is 1. The topological polar surface area (TPSA) is 44.4 Å². The van der Waals surface area contributed by atoms with Crippen molar-refractivity contribution in [3.05, 3.63) is 29.6 Å². The Bertz CT molecular complexity index is 483. The Morgan fingerprint density at radius 2 is 2.29 bits per heavy atom. The Hall–Kier alpha value is -1.62. The average Bonchev–Trinajstić information content (AvgIpc) is 2.76. The fourth-order valence-electron chi connectivity index (χ4n) is 2.65. The average molecular weight is 235 g/mol. The Morgan fingerprint density at radius 1 is 1.47 bits per heavy atom. The van der Waals surface area contributed by atoms with E-state index in [1.54, 1.807) is 6.07 Å². The lowest BCUT2D eigenvalue weighted by atomic mass is 9.99. The second kappa shape index (κ2) is 3.43. The van der Waals surface area contributed by atoms with Gasteiger partial charge in [-0.25, -0.2) is 4.39 Å². The summed E-state index contributed by atoms with van der Waals surface area (Å²) < 4.78 is 13.2. The van der Waals surface area contributed by atoms with Crippen LogP contribution in [-0.2, 0) is 0 Å². The maximum atomic E-state index is 13.2. The van der Waals surface area contributed by atoms with E-state index < -0.39 is 0 Å². The third-order valence-corrected chi connectivity index (χ3v) is 3.69. The molecule has 1 saturated heterocycles. The van der Waals surface area contributed by atoms with E-state index in [0.29, 0.717) is 12.1 Å². The van der Waals surface area contributed by atoms with Gasteiger partial charge < -0.3 is 15.5 Å². The van der Waals surface area contributed by atoms with Crippen LogP contribution >= 0.6 is 0 Å². The maximum absolute atomic E-state index is 13.2. The van der Waals surface area contributed by atoms with Gasteiger partial charge in [-0.2, -0.15) is 0 Å². The third-order valence-electron chi connectivity index (χ3n) is 3.69. The molecule has 90 valence electrons. The van der Waals surface area contributed by atoms with Crippen LogP contribution in [-0.4, -0.2) is 31.7 Å².